The van der Waals surface area contributed by atoms with Crippen LogP contribution in [0.1, 0.15) is 37.8 Å². The largest absolute Gasteiger partial charge is 0.491 e. The summed E-state index contributed by atoms with van der Waals surface area (Å²) >= 11 is 0. The Balaban J connectivity index is 1.70. The maximum Gasteiger partial charge on any atom is 0.120 e. The van der Waals surface area contributed by atoms with Gasteiger partial charge in [-0.15, -0.1) is 0 Å². The third kappa shape index (κ3) is 4.34. The van der Waals surface area contributed by atoms with Crippen LogP contribution in [0.5, 0.6) is 5.75 Å². The van der Waals surface area contributed by atoms with Crippen LogP contribution in [0.3, 0.4) is 0 Å². The Labute approximate surface area is 138 Å². The van der Waals surface area contributed by atoms with E-state index in [2.05, 4.69) is 36.4 Å². The van der Waals surface area contributed by atoms with Crippen molar-refractivity contribution in [3.63, 3.8) is 0 Å². The molecule has 1 aliphatic heterocycles. The Kier molecular flexibility index (Phi) is 5.31. The van der Waals surface area contributed by atoms with Crippen molar-refractivity contribution in [3.8, 4) is 16.9 Å². The molecule has 2 aromatic carbocycles. The van der Waals surface area contributed by atoms with Crippen LogP contribution in [0, 0.1) is 0 Å². The van der Waals surface area contributed by atoms with Gasteiger partial charge in [0.2, 0.25) is 0 Å². The van der Waals surface area contributed by atoms with Gasteiger partial charge in [0.05, 0.1) is 6.10 Å². The quantitative estimate of drug-likeness (QED) is 0.894. The first-order valence-electron chi connectivity index (χ1n) is 8.43. The van der Waals surface area contributed by atoms with Gasteiger partial charge in [0.1, 0.15) is 12.4 Å². The summed E-state index contributed by atoms with van der Waals surface area (Å²) in [5, 5.41) is 0. The molecule has 0 aromatic heterocycles. The first-order chi connectivity index (χ1) is 11.2. The van der Waals surface area contributed by atoms with Crippen LogP contribution in [0.15, 0.2) is 48.5 Å². The second kappa shape index (κ2) is 7.62. The molecule has 3 nitrogen and oxygen atoms in total. The average molecular weight is 311 g/mol. The summed E-state index contributed by atoms with van der Waals surface area (Å²) in [6.45, 7) is 3.49. The van der Waals surface area contributed by atoms with Crippen LogP contribution in [0.25, 0.3) is 11.1 Å². The van der Waals surface area contributed by atoms with E-state index in [1.807, 2.05) is 19.1 Å². The Morgan fingerprint density at radius 3 is 2.65 bits per heavy atom. The molecule has 1 aliphatic rings. The number of hydrogen-bond donors (Lipinski definition) is 1. The topological polar surface area (TPSA) is 44.5 Å². The van der Waals surface area contributed by atoms with Crippen molar-refractivity contribution < 1.29 is 9.47 Å². The fraction of sp³-hybridized carbons (Fsp3) is 0.400. The van der Waals surface area contributed by atoms with Gasteiger partial charge in [-0.05, 0) is 61.1 Å². The Morgan fingerprint density at radius 1 is 1.13 bits per heavy atom. The highest BCUT2D eigenvalue weighted by Gasteiger charge is 2.14. The maximum atomic E-state index is 5.98. The van der Waals surface area contributed by atoms with Crippen molar-refractivity contribution in [1.82, 2.24) is 0 Å². The van der Waals surface area contributed by atoms with E-state index in [-0.39, 0.29) is 12.1 Å². The van der Waals surface area contributed by atoms with Crippen LogP contribution in [0.4, 0.5) is 0 Å². The highest BCUT2D eigenvalue weighted by molar-refractivity contribution is 5.65. The fourth-order valence-electron chi connectivity index (χ4n) is 2.89. The van der Waals surface area contributed by atoms with Gasteiger partial charge in [-0.2, -0.15) is 0 Å². The average Bonchev–Trinajstić information content (AvgIpc) is 2.61. The lowest BCUT2D eigenvalue weighted by Crippen LogP contribution is -2.25. The minimum absolute atomic E-state index is 0.0397. The minimum atomic E-state index is 0.0397. The number of rotatable bonds is 5. The highest BCUT2D eigenvalue weighted by atomic mass is 16.5. The lowest BCUT2D eigenvalue weighted by atomic mass is 10.0. The second-order valence-corrected chi connectivity index (χ2v) is 6.24. The zero-order valence-electron chi connectivity index (χ0n) is 13.7. The molecule has 0 aliphatic carbocycles. The van der Waals surface area contributed by atoms with Crippen molar-refractivity contribution in [2.45, 2.75) is 38.3 Å². The molecule has 2 N–H and O–H groups in total. The van der Waals surface area contributed by atoms with Crippen molar-refractivity contribution in [3.05, 3.63) is 54.1 Å². The summed E-state index contributed by atoms with van der Waals surface area (Å²) in [5.74, 6) is 0.892. The van der Waals surface area contributed by atoms with Gasteiger partial charge in [0.25, 0.3) is 0 Å². The zero-order valence-corrected chi connectivity index (χ0v) is 13.7. The van der Waals surface area contributed by atoms with E-state index >= 15 is 0 Å². The van der Waals surface area contributed by atoms with Gasteiger partial charge in [-0.25, -0.2) is 0 Å². The molecule has 0 saturated carbocycles. The van der Waals surface area contributed by atoms with Gasteiger partial charge in [0, 0.05) is 12.6 Å². The van der Waals surface area contributed by atoms with Gasteiger partial charge in [-0.3, -0.25) is 0 Å². The third-order valence-electron chi connectivity index (χ3n) is 4.29. The van der Waals surface area contributed by atoms with Crippen molar-refractivity contribution >= 4 is 0 Å². The molecule has 1 fully saturated rings. The predicted octanol–water partition coefficient (Wildman–Crippen LogP) is 4.32. The van der Waals surface area contributed by atoms with E-state index in [0.717, 1.165) is 29.9 Å². The van der Waals surface area contributed by atoms with E-state index in [4.69, 9.17) is 15.2 Å². The van der Waals surface area contributed by atoms with Crippen LogP contribution in [-0.2, 0) is 4.74 Å². The third-order valence-corrected chi connectivity index (χ3v) is 4.29. The summed E-state index contributed by atoms with van der Waals surface area (Å²) in [6.07, 6.45) is 3.73. The van der Waals surface area contributed by atoms with E-state index < -0.39 is 0 Å². The molecule has 0 bridgehead atoms. The van der Waals surface area contributed by atoms with Crippen LogP contribution in [0.2, 0.25) is 0 Å². The zero-order chi connectivity index (χ0) is 16.1. The molecule has 122 valence electrons. The number of nitrogens with two attached hydrogens (primary N) is 1. The molecule has 1 saturated heterocycles. The summed E-state index contributed by atoms with van der Waals surface area (Å²) in [6, 6.07) is 16.6. The molecule has 2 aromatic rings. The summed E-state index contributed by atoms with van der Waals surface area (Å²) in [4.78, 5) is 0. The molecule has 3 heteroatoms. The van der Waals surface area contributed by atoms with Gasteiger partial charge < -0.3 is 15.2 Å². The second-order valence-electron chi connectivity index (χ2n) is 6.24. The first-order valence-corrected chi connectivity index (χ1v) is 8.43. The molecule has 2 atom stereocenters. The van der Waals surface area contributed by atoms with Crippen molar-refractivity contribution in [2.24, 2.45) is 5.73 Å². The van der Waals surface area contributed by atoms with Crippen molar-refractivity contribution in [2.75, 3.05) is 13.2 Å². The minimum Gasteiger partial charge on any atom is -0.491 e. The predicted molar refractivity (Wildman–Crippen MR) is 93.6 cm³/mol. The molecule has 23 heavy (non-hydrogen) atoms. The van der Waals surface area contributed by atoms with E-state index in [9.17, 15) is 0 Å². The standard InChI is InChI=1S/C20H25NO2/c1-15(21)16-6-4-7-17(12-16)18-8-5-10-19(13-18)23-14-20-9-2-3-11-22-20/h4-8,10,12-13,15,20H,2-3,9,11,14,21H2,1H3/t15-,20?/m1/s1. The molecular weight excluding hydrogens is 286 g/mol. The number of hydrogen-bond acceptors (Lipinski definition) is 3. The van der Waals surface area contributed by atoms with Crippen molar-refractivity contribution in [1.29, 1.82) is 0 Å². The summed E-state index contributed by atoms with van der Waals surface area (Å²) in [7, 11) is 0. The van der Waals surface area contributed by atoms with E-state index in [1.54, 1.807) is 0 Å². The molecule has 0 spiro atoms. The maximum absolute atomic E-state index is 5.98. The molecule has 0 amide bonds. The smallest absolute Gasteiger partial charge is 0.120 e. The van der Waals surface area contributed by atoms with Gasteiger partial charge >= 0.3 is 0 Å². The van der Waals surface area contributed by atoms with E-state index in [0.29, 0.717) is 6.61 Å². The fourth-order valence-corrected chi connectivity index (χ4v) is 2.89. The molecule has 0 radical (unpaired) electrons. The molecule has 1 heterocycles. The van der Waals surface area contributed by atoms with Crippen LogP contribution in [-0.4, -0.2) is 19.3 Å². The number of benzene rings is 2. The lowest BCUT2D eigenvalue weighted by Gasteiger charge is -2.22. The Bertz CT molecular complexity index is 633. The summed E-state index contributed by atoms with van der Waals surface area (Å²) < 4.78 is 11.7. The Morgan fingerprint density at radius 2 is 1.91 bits per heavy atom. The Hall–Kier alpha value is -1.84. The van der Waals surface area contributed by atoms with Gasteiger partial charge in [-0.1, -0.05) is 30.3 Å². The highest BCUT2D eigenvalue weighted by Crippen LogP contribution is 2.26. The van der Waals surface area contributed by atoms with E-state index in [1.165, 1.54) is 18.4 Å². The van der Waals surface area contributed by atoms with Crippen LogP contribution < -0.4 is 10.5 Å². The molecular formula is C20H25NO2. The molecule has 1 unspecified atom stereocenters. The normalized spacial score (nSPS) is 19.3. The number of ether oxygens (including phenoxy) is 2. The SMILES string of the molecule is C[C@@H](N)c1cccc(-c2cccc(OCC3CCCCO3)c2)c1. The summed E-state index contributed by atoms with van der Waals surface area (Å²) in [5.41, 5.74) is 9.44. The van der Waals surface area contributed by atoms with Crippen LogP contribution >= 0.6 is 0 Å². The van der Waals surface area contributed by atoms with Gasteiger partial charge in [0.15, 0.2) is 0 Å². The first kappa shape index (κ1) is 16.0. The molecule has 3 rings (SSSR count). The lowest BCUT2D eigenvalue weighted by molar-refractivity contribution is -0.0110. The monoisotopic (exact) mass is 311 g/mol.